The molecule has 2 aromatic heterocycles. The molecule has 2 fully saturated rings. The Morgan fingerprint density at radius 2 is 1.92 bits per heavy atom. The molecule has 4 heterocycles. The Labute approximate surface area is 222 Å². The highest BCUT2D eigenvalue weighted by Gasteiger charge is 2.44. The highest BCUT2D eigenvalue weighted by Crippen LogP contribution is 2.52. The summed E-state index contributed by atoms with van der Waals surface area (Å²) in [5.74, 6) is 1.65. The molecule has 8 heteroatoms. The van der Waals surface area contributed by atoms with Gasteiger partial charge in [0.15, 0.2) is 0 Å². The van der Waals surface area contributed by atoms with Gasteiger partial charge in [-0.3, -0.25) is 9.59 Å². The van der Waals surface area contributed by atoms with Gasteiger partial charge in [0.2, 0.25) is 0 Å². The number of rotatable bonds is 5. The molecule has 1 aliphatic carbocycles. The van der Waals surface area contributed by atoms with Crippen LogP contribution in [0.1, 0.15) is 58.4 Å². The lowest BCUT2D eigenvalue weighted by atomic mass is 9.79. The van der Waals surface area contributed by atoms with Gasteiger partial charge in [-0.05, 0) is 62.6 Å². The molecular weight excluding hydrogens is 478 g/mol. The Kier molecular flexibility index (Phi) is 6.43. The van der Waals surface area contributed by atoms with Crippen molar-refractivity contribution >= 4 is 11.7 Å². The van der Waals surface area contributed by atoms with Gasteiger partial charge >= 0.3 is 0 Å². The predicted octanol–water partition coefficient (Wildman–Crippen LogP) is 3.60. The number of carbonyl (C=O) groups excluding carboxylic acids is 1. The summed E-state index contributed by atoms with van der Waals surface area (Å²) in [6.45, 7) is 8.37. The molecule has 6 rings (SSSR count). The van der Waals surface area contributed by atoms with E-state index in [1.807, 2.05) is 38.2 Å². The van der Waals surface area contributed by atoms with Gasteiger partial charge in [-0.1, -0.05) is 12.8 Å². The van der Waals surface area contributed by atoms with Crippen LogP contribution in [0, 0.1) is 13.8 Å². The molecule has 0 bridgehead atoms. The smallest absolute Gasteiger partial charge is 0.253 e. The van der Waals surface area contributed by atoms with Gasteiger partial charge in [0.1, 0.15) is 11.6 Å². The fourth-order valence-corrected chi connectivity index (χ4v) is 6.28. The first kappa shape index (κ1) is 24.7. The van der Waals surface area contributed by atoms with E-state index in [1.54, 1.807) is 0 Å². The second-order valence-corrected chi connectivity index (χ2v) is 10.9. The first-order valence-corrected chi connectivity index (χ1v) is 13.6. The standard InChI is InChI=1S/C30H35N5O3/c1-19-13-20(2)34-29(37)24(19)17-33-28(36)22-14-23(27-25(15-22)30(18-38-27)7-3-4-8-30)21-5-6-26(32-16-21)35-11-9-31-10-12-35/h5-6,13-16,31H,3-4,7-12,17-18H2,1-2H3,(H,33,36)(H,34,37). The fraction of sp³-hybridized carbons (Fsp3) is 0.433. The van der Waals surface area contributed by atoms with E-state index < -0.39 is 0 Å². The zero-order chi connectivity index (χ0) is 26.3. The molecule has 1 saturated heterocycles. The number of hydrogen-bond acceptors (Lipinski definition) is 6. The van der Waals surface area contributed by atoms with E-state index in [-0.39, 0.29) is 23.4 Å². The third-order valence-electron chi connectivity index (χ3n) is 8.40. The summed E-state index contributed by atoms with van der Waals surface area (Å²) >= 11 is 0. The van der Waals surface area contributed by atoms with Crippen molar-refractivity contribution in [3.05, 3.63) is 74.8 Å². The Morgan fingerprint density at radius 3 is 2.63 bits per heavy atom. The zero-order valence-electron chi connectivity index (χ0n) is 22.2. The molecule has 0 radical (unpaired) electrons. The van der Waals surface area contributed by atoms with Crippen molar-refractivity contribution in [2.24, 2.45) is 0 Å². The molecule has 38 heavy (non-hydrogen) atoms. The number of aryl methyl sites for hydroxylation is 2. The van der Waals surface area contributed by atoms with E-state index in [0.717, 1.165) is 78.5 Å². The molecule has 1 aromatic carbocycles. The molecule has 8 nitrogen and oxygen atoms in total. The zero-order valence-corrected chi connectivity index (χ0v) is 22.2. The van der Waals surface area contributed by atoms with E-state index in [9.17, 15) is 9.59 Å². The summed E-state index contributed by atoms with van der Waals surface area (Å²) in [5.41, 5.74) is 5.63. The van der Waals surface area contributed by atoms with Crippen LogP contribution in [-0.2, 0) is 12.0 Å². The molecule has 0 unspecified atom stereocenters. The molecular formula is C30H35N5O3. The molecule has 1 saturated carbocycles. The van der Waals surface area contributed by atoms with Gasteiger partial charge in [0.05, 0.1) is 6.61 Å². The summed E-state index contributed by atoms with van der Waals surface area (Å²) in [6, 6.07) is 10.00. The summed E-state index contributed by atoms with van der Waals surface area (Å²) < 4.78 is 6.35. The number of benzene rings is 1. The molecule has 3 aromatic rings. The van der Waals surface area contributed by atoms with Crippen molar-refractivity contribution in [2.75, 3.05) is 37.7 Å². The summed E-state index contributed by atoms with van der Waals surface area (Å²) in [7, 11) is 0. The van der Waals surface area contributed by atoms with Crippen LogP contribution in [0.15, 0.2) is 41.3 Å². The van der Waals surface area contributed by atoms with Crippen LogP contribution in [0.5, 0.6) is 5.75 Å². The second-order valence-electron chi connectivity index (χ2n) is 10.9. The van der Waals surface area contributed by atoms with Gasteiger partial charge in [-0.15, -0.1) is 0 Å². The van der Waals surface area contributed by atoms with Crippen molar-refractivity contribution in [1.29, 1.82) is 0 Å². The van der Waals surface area contributed by atoms with Gasteiger partial charge in [0.25, 0.3) is 11.5 Å². The molecule has 0 atom stereocenters. The van der Waals surface area contributed by atoms with E-state index in [0.29, 0.717) is 17.7 Å². The first-order chi connectivity index (χ1) is 18.4. The molecule has 1 amide bonds. The maximum absolute atomic E-state index is 13.5. The van der Waals surface area contributed by atoms with Crippen molar-refractivity contribution in [3.8, 4) is 16.9 Å². The average Bonchev–Trinajstić information content (AvgIpc) is 3.55. The number of fused-ring (bicyclic) bond motifs is 2. The quantitative estimate of drug-likeness (QED) is 0.482. The Morgan fingerprint density at radius 1 is 1.13 bits per heavy atom. The van der Waals surface area contributed by atoms with Crippen LogP contribution in [-0.4, -0.2) is 48.7 Å². The number of anilines is 1. The number of H-pyrrole nitrogens is 1. The van der Waals surface area contributed by atoms with Crippen LogP contribution in [0.4, 0.5) is 5.82 Å². The Balaban J connectivity index is 1.34. The highest BCUT2D eigenvalue weighted by atomic mass is 16.5. The maximum Gasteiger partial charge on any atom is 0.253 e. The number of aromatic amines is 1. The lowest BCUT2D eigenvalue weighted by Gasteiger charge is -2.28. The molecule has 3 N–H and O–H groups in total. The number of nitrogens with one attached hydrogen (secondary N) is 3. The van der Waals surface area contributed by atoms with Crippen LogP contribution >= 0.6 is 0 Å². The van der Waals surface area contributed by atoms with Crippen LogP contribution in [0.25, 0.3) is 11.1 Å². The topological polar surface area (TPSA) is 99.3 Å². The molecule has 198 valence electrons. The van der Waals surface area contributed by atoms with Crippen molar-refractivity contribution in [1.82, 2.24) is 20.6 Å². The van der Waals surface area contributed by atoms with Crippen LogP contribution < -0.4 is 25.8 Å². The lowest BCUT2D eigenvalue weighted by Crippen LogP contribution is -2.43. The molecule has 2 aliphatic heterocycles. The minimum Gasteiger partial charge on any atom is -0.492 e. The van der Waals surface area contributed by atoms with Gasteiger partial charge in [-0.2, -0.15) is 0 Å². The number of nitrogens with zero attached hydrogens (tertiary/aromatic N) is 2. The minimum absolute atomic E-state index is 0.0285. The summed E-state index contributed by atoms with van der Waals surface area (Å²) in [5, 5.41) is 6.37. The van der Waals surface area contributed by atoms with E-state index in [2.05, 4.69) is 32.7 Å². The molecule has 3 aliphatic rings. The third kappa shape index (κ3) is 4.47. The summed E-state index contributed by atoms with van der Waals surface area (Å²) in [4.78, 5) is 35.8. The number of ether oxygens (including phenoxy) is 1. The second kappa shape index (κ2) is 9.91. The summed E-state index contributed by atoms with van der Waals surface area (Å²) in [6.07, 6.45) is 6.38. The minimum atomic E-state index is -0.195. The predicted molar refractivity (Wildman–Crippen MR) is 148 cm³/mol. The van der Waals surface area contributed by atoms with Gasteiger partial charge in [-0.25, -0.2) is 4.98 Å². The number of carbonyl (C=O) groups is 1. The van der Waals surface area contributed by atoms with Crippen molar-refractivity contribution in [3.63, 3.8) is 0 Å². The van der Waals surface area contributed by atoms with Crippen molar-refractivity contribution < 1.29 is 9.53 Å². The average molecular weight is 514 g/mol. The van der Waals surface area contributed by atoms with E-state index in [4.69, 9.17) is 9.72 Å². The Bertz CT molecular complexity index is 1420. The number of piperazine rings is 1. The third-order valence-corrected chi connectivity index (χ3v) is 8.40. The number of pyridine rings is 2. The number of hydrogen-bond donors (Lipinski definition) is 3. The molecule has 1 spiro atoms. The van der Waals surface area contributed by atoms with E-state index >= 15 is 0 Å². The van der Waals surface area contributed by atoms with E-state index in [1.165, 1.54) is 12.8 Å². The number of aromatic nitrogens is 2. The number of amides is 1. The van der Waals surface area contributed by atoms with Crippen LogP contribution in [0.3, 0.4) is 0 Å². The van der Waals surface area contributed by atoms with Gasteiger partial charge < -0.3 is 25.3 Å². The maximum atomic E-state index is 13.5. The normalized spacial score (nSPS) is 17.9. The SMILES string of the molecule is Cc1cc(C)c(CNC(=O)c2cc(-c3ccc(N4CCNCC4)nc3)c3c(c2)C2(CCCC2)CO3)c(=O)[nH]1. The fourth-order valence-electron chi connectivity index (χ4n) is 6.28. The van der Waals surface area contributed by atoms with Gasteiger partial charge in [0, 0.05) is 77.8 Å². The van der Waals surface area contributed by atoms with Crippen molar-refractivity contribution in [2.45, 2.75) is 51.5 Å². The first-order valence-electron chi connectivity index (χ1n) is 13.6. The Hall–Kier alpha value is -3.65. The highest BCUT2D eigenvalue weighted by molar-refractivity contribution is 5.97. The lowest BCUT2D eigenvalue weighted by molar-refractivity contribution is 0.0950. The largest absolute Gasteiger partial charge is 0.492 e. The monoisotopic (exact) mass is 513 g/mol. The van der Waals surface area contributed by atoms with Crippen LogP contribution in [0.2, 0.25) is 0 Å².